The average molecular weight is 292 g/mol. The maximum atomic E-state index is 11.4. The van der Waals surface area contributed by atoms with Crippen LogP contribution in [0.3, 0.4) is 0 Å². The monoisotopic (exact) mass is 291 g/mol. The summed E-state index contributed by atoms with van der Waals surface area (Å²) < 4.78 is 24.2. The van der Waals surface area contributed by atoms with Crippen molar-refractivity contribution >= 4 is 31.1 Å². The summed E-state index contributed by atoms with van der Waals surface area (Å²) in [5.74, 6) is 0.543. The second-order valence-electron chi connectivity index (χ2n) is 3.37. The molecule has 0 aliphatic carbocycles. The van der Waals surface area contributed by atoms with Crippen molar-refractivity contribution in [2.75, 3.05) is 0 Å². The molecular weight excluding hydrogens is 282 g/mol. The highest BCUT2D eigenvalue weighted by atomic mass is 35.7. The lowest BCUT2D eigenvalue weighted by Gasteiger charge is -2.05. The Kier molecular flexibility index (Phi) is 3.50. The van der Waals surface area contributed by atoms with Gasteiger partial charge in [-0.2, -0.15) is 0 Å². The van der Waals surface area contributed by atoms with Crippen molar-refractivity contribution in [1.29, 1.82) is 0 Å². The smallest absolute Gasteiger partial charge is 0.296 e. The van der Waals surface area contributed by atoms with Gasteiger partial charge < -0.3 is 0 Å². The Balaban J connectivity index is 2.59. The molecule has 0 fully saturated rings. The van der Waals surface area contributed by atoms with E-state index in [-0.39, 0.29) is 5.16 Å². The highest BCUT2D eigenvalue weighted by Gasteiger charge is 2.23. The van der Waals surface area contributed by atoms with Crippen LogP contribution < -0.4 is 0 Å². The van der Waals surface area contributed by atoms with E-state index >= 15 is 0 Å². The van der Waals surface area contributed by atoms with Crippen LogP contribution in [0.5, 0.6) is 0 Å². The quantitative estimate of drug-likeness (QED) is 0.811. The number of hydrogen-bond acceptors (Lipinski definition) is 5. The lowest BCUT2D eigenvalue weighted by atomic mass is 10.4. The van der Waals surface area contributed by atoms with Crippen LogP contribution in [0.25, 0.3) is 10.7 Å². The van der Waals surface area contributed by atoms with Crippen LogP contribution in [0.15, 0.2) is 22.7 Å². The fourth-order valence-corrected chi connectivity index (χ4v) is 3.12. The topological polar surface area (TPSA) is 64.8 Å². The van der Waals surface area contributed by atoms with Crippen LogP contribution in [0, 0.1) is 0 Å². The van der Waals surface area contributed by atoms with Gasteiger partial charge in [0, 0.05) is 17.2 Å². The minimum absolute atomic E-state index is 0.190. The molecule has 0 saturated heterocycles. The first kappa shape index (κ1) is 12.5. The number of hydrogen-bond donors (Lipinski definition) is 0. The van der Waals surface area contributed by atoms with Gasteiger partial charge in [0.1, 0.15) is 0 Å². The number of thiophene rings is 1. The first-order chi connectivity index (χ1) is 8.04. The lowest BCUT2D eigenvalue weighted by Crippen LogP contribution is -2.07. The maximum Gasteiger partial charge on any atom is 0.296 e. The molecule has 0 saturated carbocycles. The zero-order valence-electron chi connectivity index (χ0n) is 9.00. The Morgan fingerprint density at radius 3 is 2.76 bits per heavy atom. The van der Waals surface area contributed by atoms with Crippen molar-refractivity contribution < 1.29 is 8.42 Å². The molecule has 2 rings (SSSR count). The minimum atomic E-state index is -3.86. The van der Waals surface area contributed by atoms with E-state index in [0.29, 0.717) is 12.4 Å². The van der Waals surface area contributed by atoms with E-state index in [1.54, 1.807) is 0 Å². The van der Waals surface area contributed by atoms with Crippen LogP contribution in [0.1, 0.15) is 13.3 Å². The maximum absolute atomic E-state index is 11.4. The van der Waals surface area contributed by atoms with Crippen LogP contribution >= 0.6 is 22.0 Å². The van der Waals surface area contributed by atoms with Crippen molar-refractivity contribution in [2.45, 2.75) is 25.0 Å². The molecule has 0 N–H and O–H groups in total. The van der Waals surface area contributed by atoms with Crippen LogP contribution in [0.2, 0.25) is 0 Å². The van der Waals surface area contributed by atoms with Gasteiger partial charge in [0.2, 0.25) is 0 Å². The van der Waals surface area contributed by atoms with Gasteiger partial charge in [0.25, 0.3) is 14.2 Å². The van der Waals surface area contributed by atoms with Crippen molar-refractivity contribution in [3.63, 3.8) is 0 Å². The van der Waals surface area contributed by atoms with Gasteiger partial charge >= 0.3 is 0 Å². The van der Waals surface area contributed by atoms with Gasteiger partial charge in [-0.3, -0.25) is 4.57 Å². The van der Waals surface area contributed by atoms with Gasteiger partial charge in [0.05, 0.1) is 4.88 Å². The number of nitrogens with zero attached hydrogens (tertiary/aromatic N) is 3. The molecule has 0 atom stereocenters. The Labute approximate surface area is 107 Å². The fraction of sp³-hybridized carbons (Fsp3) is 0.333. The minimum Gasteiger partial charge on any atom is -0.296 e. The molecule has 2 aromatic heterocycles. The third-order valence-electron chi connectivity index (χ3n) is 2.12. The van der Waals surface area contributed by atoms with E-state index < -0.39 is 9.05 Å². The summed E-state index contributed by atoms with van der Waals surface area (Å²) in [6.07, 6.45) is 0.774. The number of halogens is 1. The molecule has 0 aliphatic rings. The molecule has 2 heterocycles. The number of aromatic nitrogens is 3. The predicted octanol–water partition coefficient (Wildman–Crippen LogP) is 2.34. The molecule has 0 aromatic carbocycles. The summed E-state index contributed by atoms with van der Waals surface area (Å²) in [5, 5.41) is 9.27. The molecule has 0 amide bonds. The van der Waals surface area contributed by atoms with Crippen LogP contribution in [-0.4, -0.2) is 23.2 Å². The summed E-state index contributed by atoms with van der Waals surface area (Å²) in [4.78, 5) is 0.873. The highest BCUT2D eigenvalue weighted by Crippen LogP contribution is 2.26. The lowest BCUT2D eigenvalue weighted by molar-refractivity contribution is 0.570. The third kappa shape index (κ3) is 2.51. The van der Waals surface area contributed by atoms with Crippen molar-refractivity contribution in [2.24, 2.45) is 0 Å². The third-order valence-corrected chi connectivity index (χ3v) is 4.14. The van der Waals surface area contributed by atoms with Crippen molar-refractivity contribution in [3.05, 3.63) is 17.5 Å². The average Bonchev–Trinajstić information content (AvgIpc) is 2.82. The second-order valence-corrected chi connectivity index (χ2v) is 6.78. The predicted molar refractivity (Wildman–Crippen MR) is 66.7 cm³/mol. The molecule has 17 heavy (non-hydrogen) atoms. The Hall–Kier alpha value is -0.920. The van der Waals surface area contributed by atoms with Gasteiger partial charge in [-0.15, -0.1) is 21.5 Å². The molecule has 0 spiro atoms. The molecule has 0 aliphatic heterocycles. The van der Waals surface area contributed by atoms with Gasteiger partial charge in [0.15, 0.2) is 5.82 Å². The van der Waals surface area contributed by atoms with Gasteiger partial charge in [-0.25, -0.2) is 8.42 Å². The Bertz CT molecular complexity index is 604. The van der Waals surface area contributed by atoms with E-state index in [0.717, 1.165) is 11.3 Å². The normalized spacial score (nSPS) is 11.9. The second kappa shape index (κ2) is 4.75. The van der Waals surface area contributed by atoms with E-state index in [4.69, 9.17) is 10.7 Å². The van der Waals surface area contributed by atoms with Crippen LogP contribution in [-0.2, 0) is 15.6 Å². The summed E-state index contributed by atoms with van der Waals surface area (Å²) in [5.41, 5.74) is 0. The van der Waals surface area contributed by atoms with E-state index in [1.807, 2.05) is 24.4 Å². The molecule has 0 bridgehead atoms. The summed E-state index contributed by atoms with van der Waals surface area (Å²) in [7, 11) is 1.47. The van der Waals surface area contributed by atoms with Crippen molar-refractivity contribution in [3.8, 4) is 10.7 Å². The highest BCUT2D eigenvalue weighted by molar-refractivity contribution is 8.13. The largest absolute Gasteiger partial charge is 0.296 e. The summed E-state index contributed by atoms with van der Waals surface area (Å²) in [6, 6.07) is 3.74. The summed E-state index contributed by atoms with van der Waals surface area (Å²) in [6.45, 7) is 2.46. The zero-order chi connectivity index (χ0) is 12.5. The fourth-order valence-electron chi connectivity index (χ4n) is 1.48. The Morgan fingerprint density at radius 2 is 2.24 bits per heavy atom. The zero-order valence-corrected chi connectivity index (χ0v) is 11.4. The van der Waals surface area contributed by atoms with Gasteiger partial charge in [-0.1, -0.05) is 13.0 Å². The standard InChI is InChI=1S/C9H10ClN3O2S2/c1-2-5-13-8(7-4-3-6-16-7)11-12-9(13)17(10,14)15/h3-4,6H,2,5H2,1H3. The molecule has 5 nitrogen and oxygen atoms in total. The van der Waals surface area contributed by atoms with Gasteiger partial charge in [-0.05, 0) is 17.9 Å². The molecule has 2 aromatic rings. The SMILES string of the molecule is CCCn1c(-c2cccs2)nnc1S(=O)(=O)Cl. The van der Waals surface area contributed by atoms with E-state index in [2.05, 4.69) is 10.2 Å². The Morgan fingerprint density at radius 1 is 1.47 bits per heavy atom. The first-order valence-corrected chi connectivity index (χ1v) is 8.14. The molecule has 92 valence electrons. The molecule has 0 radical (unpaired) electrons. The summed E-state index contributed by atoms with van der Waals surface area (Å²) >= 11 is 1.48. The van der Waals surface area contributed by atoms with E-state index in [9.17, 15) is 8.42 Å². The molecule has 0 unspecified atom stereocenters. The van der Waals surface area contributed by atoms with E-state index in [1.165, 1.54) is 15.9 Å². The van der Waals surface area contributed by atoms with Crippen molar-refractivity contribution in [1.82, 2.24) is 14.8 Å². The molecule has 8 heteroatoms. The first-order valence-electron chi connectivity index (χ1n) is 4.95. The number of rotatable bonds is 4. The van der Waals surface area contributed by atoms with Crippen LogP contribution in [0.4, 0.5) is 0 Å². The molecular formula is C9H10ClN3O2S2.